The zero-order valence-corrected chi connectivity index (χ0v) is 18.5. The molecule has 2 saturated heterocycles. The minimum atomic E-state index is -0.923. The highest BCUT2D eigenvalue weighted by molar-refractivity contribution is 5.99. The normalized spacial score (nSPS) is 19.9. The van der Waals surface area contributed by atoms with Crippen LogP contribution in [0, 0.1) is 6.92 Å². The fourth-order valence-corrected chi connectivity index (χ4v) is 4.49. The van der Waals surface area contributed by atoms with Gasteiger partial charge in [-0.15, -0.1) is 0 Å². The van der Waals surface area contributed by atoms with Crippen LogP contribution in [0.1, 0.15) is 52.7 Å². The Balaban J connectivity index is 1.59. The molecule has 1 atom stereocenters. The highest BCUT2D eigenvalue weighted by Gasteiger charge is 2.54. The molecule has 0 saturated carbocycles. The van der Waals surface area contributed by atoms with Gasteiger partial charge in [0, 0.05) is 38.0 Å². The first-order valence-electron chi connectivity index (χ1n) is 11.1. The topological polar surface area (TPSA) is 92.1 Å². The second kappa shape index (κ2) is 9.16. The molecule has 170 valence electrons. The largest absolute Gasteiger partial charge is 0.459 e. The molecule has 32 heavy (non-hydrogen) atoms. The Morgan fingerprint density at radius 1 is 1.09 bits per heavy atom. The quantitative estimate of drug-likeness (QED) is 0.773. The number of rotatable bonds is 5. The first-order valence-corrected chi connectivity index (χ1v) is 11.1. The van der Waals surface area contributed by atoms with Crippen molar-refractivity contribution >= 4 is 17.7 Å². The number of amides is 3. The molecule has 1 spiro atoms. The standard InChI is InChI=1S/C24H29N3O5/c1-3-12-25-21(28)19-16-32-24(27(19)22(29)18-8-5-4-7-17(18)2)10-13-26(14-11-24)23(30)20-9-6-15-31-20/h4-9,15,19H,3,10-14,16H2,1-2H3,(H,25,28). The molecule has 1 N–H and O–H groups in total. The predicted molar refractivity (Wildman–Crippen MR) is 117 cm³/mol. The first kappa shape index (κ1) is 22.1. The number of aryl methyl sites for hydroxylation is 1. The van der Waals surface area contributed by atoms with Crippen LogP contribution in [0.15, 0.2) is 47.1 Å². The average molecular weight is 440 g/mol. The van der Waals surface area contributed by atoms with Crippen LogP contribution >= 0.6 is 0 Å². The van der Waals surface area contributed by atoms with Crippen molar-refractivity contribution in [2.75, 3.05) is 26.2 Å². The van der Waals surface area contributed by atoms with Crippen molar-refractivity contribution in [3.63, 3.8) is 0 Å². The predicted octanol–water partition coefficient (Wildman–Crippen LogP) is 2.59. The third-order valence-corrected chi connectivity index (χ3v) is 6.27. The lowest BCUT2D eigenvalue weighted by molar-refractivity contribution is -0.128. The lowest BCUT2D eigenvalue weighted by atomic mass is 9.95. The van der Waals surface area contributed by atoms with Crippen LogP contribution in [0.2, 0.25) is 0 Å². The fraction of sp³-hybridized carbons (Fsp3) is 0.458. The smallest absolute Gasteiger partial charge is 0.289 e. The highest BCUT2D eigenvalue weighted by Crippen LogP contribution is 2.39. The Morgan fingerprint density at radius 3 is 2.50 bits per heavy atom. The summed E-state index contributed by atoms with van der Waals surface area (Å²) in [7, 11) is 0. The summed E-state index contributed by atoms with van der Waals surface area (Å²) in [6, 6.07) is 9.98. The van der Waals surface area contributed by atoms with Crippen LogP contribution in [-0.4, -0.2) is 65.5 Å². The number of nitrogens with one attached hydrogen (secondary N) is 1. The van der Waals surface area contributed by atoms with E-state index in [2.05, 4.69) is 5.32 Å². The van der Waals surface area contributed by atoms with E-state index in [-0.39, 0.29) is 30.1 Å². The van der Waals surface area contributed by atoms with Gasteiger partial charge in [-0.05, 0) is 37.1 Å². The number of nitrogens with zero attached hydrogens (tertiary/aromatic N) is 2. The summed E-state index contributed by atoms with van der Waals surface area (Å²) >= 11 is 0. The molecule has 2 fully saturated rings. The summed E-state index contributed by atoms with van der Waals surface area (Å²) < 4.78 is 11.4. The molecule has 4 rings (SSSR count). The molecule has 8 nitrogen and oxygen atoms in total. The number of hydrogen-bond donors (Lipinski definition) is 1. The maximum atomic E-state index is 13.7. The molecule has 1 aromatic heterocycles. The minimum absolute atomic E-state index is 0.138. The van der Waals surface area contributed by atoms with Gasteiger partial charge in [-0.1, -0.05) is 25.1 Å². The summed E-state index contributed by atoms with van der Waals surface area (Å²) in [4.78, 5) is 42.6. The van der Waals surface area contributed by atoms with Gasteiger partial charge < -0.3 is 19.4 Å². The zero-order valence-electron chi connectivity index (χ0n) is 18.5. The van der Waals surface area contributed by atoms with Crippen molar-refractivity contribution in [2.45, 2.75) is 44.9 Å². The maximum Gasteiger partial charge on any atom is 0.289 e. The number of carbonyl (C=O) groups is 3. The van der Waals surface area contributed by atoms with Crippen LogP contribution in [0.25, 0.3) is 0 Å². The number of furan rings is 1. The van der Waals surface area contributed by atoms with Crippen molar-refractivity contribution in [2.24, 2.45) is 0 Å². The number of piperidine rings is 1. The number of benzene rings is 1. The third-order valence-electron chi connectivity index (χ3n) is 6.27. The summed E-state index contributed by atoms with van der Waals surface area (Å²) in [5.74, 6) is -0.322. The van der Waals surface area contributed by atoms with Gasteiger partial charge in [0.15, 0.2) is 5.76 Å². The highest BCUT2D eigenvalue weighted by atomic mass is 16.5. The van der Waals surface area contributed by atoms with Crippen molar-refractivity contribution < 1.29 is 23.5 Å². The number of carbonyl (C=O) groups excluding carboxylic acids is 3. The summed E-state index contributed by atoms with van der Waals surface area (Å²) in [6.07, 6.45) is 3.13. The van der Waals surface area contributed by atoms with Crippen molar-refractivity contribution in [1.29, 1.82) is 0 Å². The van der Waals surface area contributed by atoms with Crippen LogP contribution < -0.4 is 5.32 Å². The molecule has 8 heteroatoms. The molecule has 0 aliphatic carbocycles. The number of likely N-dealkylation sites (tertiary alicyclic amines) is 1. The maximum absolute atomic E-state index is 13.7. The van der Waals surface area contributed by atoms with E-state index in [0.717, 1.165) is 12.0 Å². The van der Waals surface area contributed by atoms with Gasteiger partial charge in [-0.2, -0.15) is 0 Å². The van der Waals surface area contributed by atoms with Crippen LogP contribution in [-0.2, 0) is 9.53 Å². The lowest BCUT2D eigenvalue weighted by Crippen LogP contribution is -2.60. The van der Waals surface area contributed by atoms with Gasteiger partial charge in [-0.25, -0.2) is 0 Å². The Bertz CT molecular complexity index is 979. The van der Waals surface area contributed by atoms with E-state index in [4.69, 9.17) is 9.15 Å². The van der Waals surface area contributed by atoms with E-state index in [1.54, 1.807) is 28.0 Å². The van der Waals surface area contributed by atoms with Gasteiger partial charge in [0.2, 0.25) is 5.91 Å². The van der Waals surface area contributed by atoms with Crippen LogP contribution in [0.4, 0.5) is 0 Å². The van der Waals surface area contributed by atoms with Gasteiger partial charge in [0.05, 0.1) is 12.9 Å². The molecule has 1 unspecified atom stereocenters. The number of ether oxygens (including phenoxy) is 1. The minimum Gasteiger partial charge on any atom is -0.459 e. The van der Waals surface area contributed by atoms with Gasteiger partial charge in [-0.3, -0.25) is 19.3 Å². The Kier molecular flexibility index (Phi) is 6.32. The summed E-state index contributed by atoms with van der Waals surface area (Å²) in [5, 5.41) is 2.90. The van der Waals surface area contributed by atoms with Crippen molar-refractivity contribution in [3.05, 3.63) is 59.5 Å². The van der Waals surface area contributed by atoms with Gasteiger partial charge >= 0.3 is 0 Å². The zero-order chi connectivity index (χ0) is 22.7. The van der Waals surface area contributed by atoms with Crippen molar-refractivity contribution in [3.8, 4) is 0 Å². The second-order valence-electron chi connectivity index (χ2n) is 8.32. The number of hydrogen-bond acceptors (Lipinski definition) is 5. The average Bonchev–Trinajstić information content (AvgIpc) is 3.46. The molecule has 3 amide bonds. The van der Waals surface area contributed by atoms with Crippen LogP contribution in [0.3, 0.4) is 0 Å². The summed E-state index contributed by atoms with van der Waals surface area (Å²) in [6.45, 7) is 5.35. The van der Waals surface area contributed by atoms with E-state index >= 15 is 0 Å². The SMILES string of the molecule is CCCNC(=O)C1COC2(CCN(C(=O)c3ccco3)CC2)N1C(=O)c1ccccc1C. The Labute approximate surface area is 187 Å². The van der Waals surface area contributed by atoms with E-state index in [0.29, 0.717) is 38.0 Å². The van der Waals surface area contributed by atoms with Gasteiger partial charge in [0.1, 0.15) is 11.8 Å². The summed E-state index contributed by atoms with van der Waals surface area (Å²) in [5.41, 5.74) is 0.477. The molecule has 3 heterocycles. The molecular formula is C24H29N3O5. The van der Waals surface area contributed by atoms with E-state index in [9.17, 15) is 14.4 Å². The van der Waals surface area contributed by atoms with Crippen molar-refractivity contribution in [1.82, 2.24) is 15.1 Å². The van der Waals surface area contributed by atoms with E-state index in [1.165, 1.54) is 6.26 Å². The van der Waals surface area contributed by atoms with Gasteiger partial charge in [0.25, 0.3) is 11.8 Å². The fourth-order valence-electron chi connectivity index (χ4n) is 4.49. The monoisotopic (exact) mass is 439 g/mol. The lowest BCUT2D eigenvalue weighted by Gasteiger charge is -2.44. The Morgan fingerprint density at radius 2 is 1.84 bits per heavy atom. The molecule has 2 aromatic rings. The third kappa shape index (κ3) is 4.02. The Hall–Kier alpha value is -3.13. The molecule has 2 aliphatic rings. The molecule has 2 aliphatic heterocycles. The molecule has 0 bridgehead atoms. The van der Waals surface area contributed by atoms with E-state index in [1.807, 2.05) is 32.0 Å². The molecule has 0 radical (unpaired) electrons. The van der Waals surface area contributed by atoms with E-state index < -0.39 is 11.8 Å². The molecular weight excluding hydrogens is 410 g/mol. The first-order chi connectivity index (χ1) is 15.5. The second-order valence-corrected chi connectivity index (χ2v) is 8.32. The molecule has 1 aromatic carbocycles. The van der Waals surface area contributed by atoms with Crippen LogP contribution in [0.5, 0.6) is 0 Å².